The summed E-state index contributed by atoms with van der Waals surface area (Å²) in [6.07, 6.45) is 7.19. The van der Waals surface area contributed by atoms with Gasteiger partial charge in [0, 0.05) is 11.6 Å². The number of carboxylic acids is 1. The summed E-state index contributed by atoms with van der Waals surface area (Å²) in [5.74, 6) is -0.614. The van der Waals surface area contributed by atoms with Crippen LogP contribution in [0, 0.1) is 0 Å². The SMILES string of the molecule is CC(C)=CCCC(C)=CCOc1cc(C=CC=CC(=O)O)ccc1-c1cccc(C(F)(F)F)c1. The van der Waals surface area contributed by atoms with Gasteiger partial charge in [0.25, 0.3) is 0 Å². The van der Waals surface area contributed by atoms with E-state index < -0.39 is 17.7 Å². The van der Waals surface area contributed by atoms with Gasteiger partial charge in [-0.2, -0.15) is 13.2 Å². The van der Waals surface area contributed by atoms with Gasteiger partial charge in [-0.25, -0.2) is 4.79 Å². The Morgan fingerprint density at radius 2 is 1.79 bits per heavy atom. The average molecular weight is 471 g/mol. The third-order valence-corrected chi connectivity index (χ3v) is 4.91. The first-order valence-electron chi connectivity index (χ1n) is 10.9. The van der Waals surface area contributed by atoms with Crippen LogP contribution in [0.5, 0.6) is 5.75 Å². The Hall–Kier alpha value is -3.54. The third-order valence-electron chi connectivity index (χ3n) is 4.91. The number of aliphatic carboxylic acids is 1. The van der Waals surface area contributed by atoms with E-state index in [1.165, 1.54) is 17.7 Å². The minimum absolute atomic E-state index is 0.276. The molecular formula is C28H29F3O3. The average Bonchev–Trinajstić information content (AvgIpc) is 2.76. The number of hydrogen-bond donors (Lipinski definition) is 1. The number of alkyl halides is 3. The van der Waals surface area contributed by atoms with Crippen molar-refractivity contribution in [2.24, 2.45) is 0 Å². The van der Waals surface area contributed by atoms with Gasteiger partial charge in [-0.05, 0) is 69.0 Å². The van der Waals surface area contributed by atoms with E-state index in [9.17, 15) is 18.0 Å². The molecule has 180 valence electrons. The van der Waals surface area contributed by atoms with Crippen LogP contribution >= 0.6 is 0 Å². The molecule has 0 spiro atoms. The molecule has 0 bridgehead atoms. The Morgan fingerprint density at radius 3 is 2.47 bits per heavy atom. The molecule has 0 amide bonds. The van der Waals surface area contributed by atoms with Gasteiger partial charge in [0.15, 0.2) is 0 Å². The lowest BCUT2D eigenvalue weighted by molar-refractivity contribution is -0.137. The van der Waals surface area contributed by atoms with Crippen LogP contribution < -0.4 is 4.74 Å². The van der Waals surface area contributed by atoms with E-state index in [4.69, 9.17) is 9.84 Å². The summed E-state index contributed by atoms with van der Waals surface area (Å²) in [6, 6.07) is 10.3. The van der Waals surface area contributed by atoms with E-state index in [-0.39, 0.29) is 6.61 Å². The number of rotatable bonds is 10. The zero-order chi connectivity index (χ0) is 25.1. The van der Waals surface area contributed by atoms with Crippen LogP contribution in [-0.4, -0.2) is 17.7 Å². The van der Waals surface area contributed by atoms with Crippen molar-refractivity contribution in [2.75, 3.05) is 6.61 Å². The lowest BCUT2D eigenvalue weighted by Crippen LogP contribution is -2.04. The predicted octanol–water partition coefficient (Wildman–Crippen LogP) is 8.10. The molecule has 34 heavy (non-hydrogen) atoms. The second kappa shape index (κ2) is 12.6. The van der Waals surface area contributed by atoms with Gasteiger partial charge in [0.05, 0.1) is 5.56 Å². The molecule has 2 aromatic carbocycles. The number of carbonyl (C=O) groups is 1. The van der Waals surface area contributed by atoms with E-state index >= 15 is 0 Å². The summed E-state index contributed by atoms with van der Waals surface area (Å²) in [4.78, 5) is 10.6. The molecule has 0 atom stereocenters. The van der Waals surface area contributed by atoms with Crippen molar-refractivity contribution >= 4 is 12.0 Å². The van der Waals surface area contributed by atoms with Crippen LogP contribution in [0.2, 0.25) is 0 Å². The van der Waals surface area contributed by atoms with E-state index in [1.54, 1.807) is 36.4 Å². The van der Waals surface area contributed by atoms with Crippen molar-refractivity contribution in [1.82, 2.24) is 0 Å². The molecule has 0 unspecified atom stereocenters. The fourth-order valence-electron chi connectivity index (χ4n) is 3.13. The first-order valence-corrected chi connectivity index (χ1v) is 10.9. The fraction of sp³-hybridized carbons (Fsp3) is 0.250. The van der Waals surface area contributed by atoms with Crippen molar-refractivity contribution in [3.05, 3.63) is 95.1 Å². The highest BCUT2D eigenvalue weighted by atomic mass is 19.4. The molecule has 0 fully saturated rings. The third kappa shape index (κ3) is 9.14. The van der Waals surface area contributed by atoms with Gasteiger partial charge in [0.2, 0.25) is 0 Å². The second-order valence-corrected chi connectivity index (χ2v) is 8.07. The molecule has 0 aliphatic carbocycles. The van der Waals surface area contributed by atoms with Gasteiger partial charge in [-0.1, -0.05) is 59.7 Å². The maximum absolute atomic E-state index is 13.2. The predicted molar refractivity (Wildman–Crippen MR) is 131 cm³/mol. The maximum atomic E-state index is 13.2. The summed E-state index contributed by atoms with van der Waals surface area (Å²) in [5.41, 5.74) is 3.36. The van der Waals surface area contributed by atoms with Crippen molar-refractivity contribution in [2.45, 2.75) is 39.8 Å². The van der Waals surface area contributed by atoms with Crippen LogP contribution in [0.15, 0.2) is 84.0 Å². The molecule has 2 rings (SSSR count). The molecule has 6 heteroatoms. The second-order valence-electron chi connectivity index (χ2n) is 8.07. The van der Waals surface area contributed by atoms with E-state index in [0.717, 1.165) is 42.2 Å². The zero-order valence-electron chi connectivity index (χ0n) is 19.5. The summed E-state index contributed by atoms with van der Waals surface area (Å²) in [5, 5.41) is 8.69. The first-order chi connectivity index (χ1) is 16.1. The van der Waals surface area contributed by atoms with Crippen LogP contribution in [0.1, 0.15) is 44.7 Å². The molecular weight excluding hydrogens is 441 g/mol. The van der Waals surface area contributed by atoms with Gasteiger partial charge in [-0.3, -0.25) is 0 Å². The van der Waals surface area contributed by atoms with Crippen molar-refractivity contribution in [3.8, 4) is 16.9 Å². The monoisotopic (exact) mass is 470 g/mol. The Morgan fingerprint density at radius 1 is 1.03 bits per heavy atom. The van der Waals surface area contributed by atoms with E-state index in [2.05, 4.69) is 19.9 Å². The number of hydrogen-bond acceptors (Lipinski definition) is 2. The minimum atomic E-state index is -4.44. The number of halogens is 3. The van der Waals surface area contributed by atoms with Crippen LogP contribution in [0.25, 0.3) is 17.2 Å². The lowest BCUT2D eigenvalue weighted by atomic mass is 10.00. The first kappa shape index (κ1) is 26.7. The number of carboxylic acid groups (broad SMARTS) is 1. The molecule has 1 N–H and O–H groups in total. The molecule has 0 saturated carbocycles. The highest BCUT2D eigenvalue weighted by Crippen LogP contribution is 2.36. The number of benzene rings is 2. The summed E-state index contributed by atoms with van der Waals surface area (Å²) in [6.45, 7) is 6.40. The highest BCUT2D eigenvalue weighted by molar-refractivity contribution is 5.80. The Kier molecular flexibility index (Phi) is 9.92. The summed E-state index contributed by atoms with van der Waals surface area (Å²) in [7, 11) is 0. The van der Waals surface area contributed by atoms with Crippen LogP contribution in [0.4, 0.5) is 13.2 Å². The summed E-state index contributed by atoms with van der Waals surface area (Å²) < 4.78 is 45.6. The van der Waals surface area contributed by atoms with Gasteiger partial charge >= 0.3 is 12.1 Å². The Labute approximate surface area is 198 Å². The fourth-order valence-corrected chi connectivity index (χ4v) is 3.13. The van der Waals surface area contributed by atoms with Gasteiger partial charge < -0.3 is 9.84 Å². The number of ether oxygens (including phenoxy) is 1. The highest BCUT2D eigenvalue weighted by Gasteiger charge is 2.30. The van der Waals surface area contributed by atoms with Crippen LogP contribution in [-0.2, 0) is 11.0 Å². The molecule has 2 aromatic rings. The molecule has 0 aliphatic heterocycles. The zero-order valence-corrected chi connectivity index (χ0v) is 19.5. The van der Waals surface area contributed by atoms with Gasteiger partial charge in [-0.15, -0.1) is 0 Å². The quantitative estimate of drug-likeness (QED) is 0.217. The number of allylic oxidation sites excluding steroid dienone is 5. The largest absolute Gasteiger partial charge is 0.489 e. The summed E-state index contributed by atoms with van der Waals surface area (Å²) >= 11 is 0. The maximum Gasteiger partial charge on any atom is 0.416 e. The lowest BCUT2D eigenvalue weighted by Gasteiger charge is -2.14. The molecule has 0 aromatic heterocycles. The molecule has 0 aliphatic rings. The van der Waals surface area contributed by atoms with Gasteiger partial charge in [0.1, 0.15) is 12.4 Å². The smallest absolute Gasteiger partial charge is 0.416 e. The minimum Gasteiger partial charge on any atom is -0.489 e. The van der Waals surface area contributed by atoms with Crippen molar-refractivity contribution in [3.63, 3.8) is 0 Å². The molecule has 0 radical (unpaired) electrons. The molecule has 0 heterocycles. The van der Waals surface area contributed by atoms with Crippen molar-refractivity contribution in [1.29, 1.82) is 0 Å². The Balaban J connectivity index is 2.32. The van der Waals surface area contributed by atoms with Crippen LogP contribution in [0.3, 0.4) is 0 Å². The van der Waals surface area contributed by atoms with E-state index in [1.807, 2.05) is 13.0 Å². The Bertz CT molecular complexity index is 1100. The van der Waals surface area contributed by atoms with Crippen molar-refractivity contribution < 1.29 is 27.8 Å². The normalized spacial score (nSPS) is 12.4. The molecule has 3 nitrogen and oxygen atoms in total. The molecule has 0 saturated heterocycles. The topological polar surface area (TPSA) is 46.5 Å². The standard InChI is InChI=1S/C28H29F3O3/c1-20(2)8-6-9-21(3)16-17-34-26-18-22(10-4-5-13-27(32)33)14-15-25(26)23-11-7-12-24(19-23)28(29,30)31/h4-5,7-8,10-16,18-19H,6,9,17H2,1-3H3,(H,32,33). The van der Waals surface area contributed by atoms with E-state index in [0.29, 0.717) is 16.9 Å².